The van der Waals surface area contributed by atoms with Crippen molar-refractivity contribution in [3.05, 3.63) is 21.2 Å². The highest BCUT2D eigenvalue weighted by Gasteiger charge is 2.26. The van der Waals surface area contributed by atoms with Gasteiger partial charge in [-0.2, -0.15) is 0 Å². The molecule has 0 aliphatic heterocycles. The Kier molecular flexibility index (Phi) is 4.82. The molecule has 2 atom stereocenters. The molecule has 1 aromatic rings. The molecule has 94 valence electrons. The van der Waals surface area contributed by atoms with Gasteiger partial charge in [0.25, 0.3) is 0 Å². The Bertz CT molecular complexity index is 387. The molecule has 2 unspecified atom stereocenters. The van der Waals surface area contributed by atoms with Gasteiger partial charge >= 0.3 is 0 Å². The van der Waals surface area contributed by atoms with Crippen LogP contribution in [0.3, 0.4) is 0 Å². The van der Waals surface area contributed by atoms with Crippen LogP contribution in [0.5, 0.6) is 0 Å². The maximum Gasteiger partial charge on any atom is 0.140 e. The van der Waals surface area contributed by atoms with Gasteiger partial charge in [0, 0.05) is 23.8 Å². The van der Waals surface area contributed by atoms with Gasteiger partial charge in [-0.3, -0.25) is 0 Å². The molecule has 1 aliphatic carbocycles. The fourth-order valence-electron chi connectivity index (χ4n) is 2.40. The first-order valence-corrected chi connectivity index (χ1v) is 7.45. The number of anilines is 1. The molecule has 1 saturated carbocycles. The van der Waals surface area contributed by atoms with Crippen LogP contribution in [0.2, 0.25) is 0 Å². The first-order valence-electron chi connectivity index (χ1n) is 5.86. The predicted molar refractivity (Wildman–Crippen MR) is 76.0 cm³/mol. The third-order valence-electron chi connectivity index (χ3n) is 3.39. The van der Waals surface area contributed by atoms with Crippen LogP contribution in [0.25, 0.3) is 0 Å². The second-order valence-corrected chi connectivity index (χ2v) is 6.27. The van der Waals surface area contributed by atoms with Gasteiger partial charge in [-0.1, -0.05) is 6.42 Å². The smallest absolute Gasteiger partial charge is 0.140 e. The highest BCUT2D eigenvalue weighted by molar-refractivity contribution is 9.11. The van der Waals surface area contributed by atoms with Crippen LogP contribution in [-0.4, -0.2) is 23.2 Å². The van der Waals surface area contributed by atoms with Crippen LogP contribution in [0.15, 0.2) is 21.2 Å². The summed E-state index contributed by atoms with van der Waals surface area (Å²) in [5.41, 5.74) is 0. The first-order chi connectivity index (χ1) is 8.20. The van der Waals surface area contributed by atoms with Crippen LogP contribution in [0.4, 0.5) is 5.82 Å². The van der Waals surface area contributed by atoms with Gasteiger partial charge in [0.15, 0.2) is 0 Å². The van der Waals surface area contributed by atoms with E-state index in [1.807, 2.05) is 6.07 Å². The number of nitrogens with one attached hydrogen (secondary N) is 1. The molecule has 3 nitrogen and oxygen atoms in total. The summed E-state index contributed by atoms with van der Waals surface area (Å²) in [4.78, 5) is 4.32. The van der Waals surface area contributed by atoms with Crippen LogP contribution in [-0.2, 0) is 0 Å². The number of hydrogen-bond donors (Lipinski definition) is 2. The van der Waals surface area contributed by atoms with Crippen molar-refractivity contribution in [3.8, 4) is 0 Å². The second-order valence-electron chi connectivity index (χ2n) is 4.50. The molecule has 0 aromatic carbocycles. The zero-order valence-corrected chi connectivity index (χ0v) is 12.7. The minimum absolute atomic E-state index is 0.307. The summed E-state index contributed by atoms with van der Waals surface area (Å²) >= 11 is 6.87. The Balaban J connectivity index is 1.93. The summed E-state index contributed by atoms with van der Waals surface area (Å²) in [5, 5.41) is 12.6. The molecule has 2 rings (SSSR count). The Morgan fingerprint density at radius 2 is 2.12 bits per heavy atom. The molecule has 1 aromatic heterocycles. The van der Waals surface area contributed by atoms with Gasteiger partial charge in [-0.05, 0) is 62.6 Å². The van der Waals surface area contributed by atoms with E-state index in [1.54, 1.807) is 6.20 Å². The lowest BCUT2D eigenvalue weighted by atomic mass is 9.97. The fourth-order valence-corrected chi connectivity index (χ4v) is 3.52. The lowest BCUT2D eigenvalue weighted by Gasteiger charge is -2.18. The van der Waals surface area contributed by atoms with Gasteiger partial charge in [0.05, 0.1) is 4.47 Å². The van der Waals surface area contributed by atoms with Crippen molar-refractivity contribution < 1.29 is 5.11 Å². The molecular formula is C12H16Br2N2O. The van der Waals surface area contributed by atoms with Crippen molar-refractivity contribution in [1.82, 2.24) is 4.98 Å². The van der Waals surface area contributed by atoms with Crippen LogP contribution < -0.4 is 5.32 Å². The summed E-state index contributed by atoms with van der Waals surface area (Å²) in [5.74, 6) is 1.89. The van der Waals surface area contributed by atoms with Crippen molar-refractivity contribution in [2.45, 2.75) is 19.3 Å². The van der Waals surface area contributed by atoms with Crippen molar-refractivity contribution in [2.24, 2.45) is 11.8 Å². The lowest BCUT2D eigenvalue weighted by molar-refractivity contribution is 0.199. The van der Waals surface area contributed by atoms with Crippen molar-refractivity contribution >= 4 is 37.7 Å². The number of hydrogen-bond acceptors (Lipinski definition) is 3. The molecule has 0 amide bonds. The van der Waals surface area contributed by atoms with E-state index in [0.29, 0.717) is 18.4 Å². The second kappa shape index (κ2) is 6.16. The summed E-state index contributed by atoms with van der Waals surface area (Å²) in [6, 6.07) is 1.98. The van der Waals surface area contributed by atoms with E-state index in [9.17, 15) is 5.11 Å². The largest absolute Gasteiger partial charge is 0.396 e. The molecule has 17 heavy (non-hydrogen) atoms. The quantitative estimate of drug-likeness (QED) is 0.861. The summed E-state index contributed by atoms with van der Waals surface area (Å²) < 4.78 is 1.93. The number of aromatic nitrogens is 1. The zero-order valence-electron chi connectivity index (χ0n) is 9.50. The number of aliphatic hydroxyl groups is 1. The molecule has 2 N–H and O–H groups in total. The maximum atomic E-state index is 9.27. The Morgan fingerprint density at radius 3 is 2.82 bits per heavy atom. The van der Waals surface area contributed by atoms with Crippen molar-refractivity contribution in [3.63, 3.8) is 0 Å². The highest BCUT2D eigenvalue weighted by atomic mass is 79.9. The van der Waals surface area contributed by atoms with Gasteiger partial charge in [-0.25, -0.2) is 4.98 Å². The Morgan fingerprint density at radius 1 is 1.35 bits per heavy atom. The predicted octanol–water partition coefficient (Wildman–Crippen LogP) is 3.43. The van der Waals surface area contributed by atoms with E-state index >= 15 is 0 Å². The average Bonchev–Trinajstić information content (AvgIpc) is 2.75. The molecule has 0 radical (unpaired) electrons. The van der Waals surface area contributed by atoms with Crippen LogP contribution in [0, 0.1) is 11.8 Å². The minimum Gasteiger partial charge on any atom is -0.396 e. The molecule has 0 bridgehead atoms. The molecule has 1 aliphatic rings. The summed E-state index contributed by atoms with van der Waals surface area (Å²) in [6.45, 7) is 1.19. The molecule has 5 heteroatoms. The van der Waals surface area contributed by atoms with E-state index in [1.165, 1.54) is 12.8 Å². The molecule has 0 saturated heterocycles. The molecule has 1 heterocycles. The first kappa shape index (κ1) is 13.3. The number of aliphatic hydroxyl groups excluding tert-OH is 1. The van der Waals surface area contributed by atoms with E-state index in [-0.39, 0.29) is 0 Å². The number of pyridine rings is 1. The average molecular weight is 364 g/mol. The third-order valence-corrected chi connectivity index (χ3v) is 4.43. The maximum absolute atomic E-state index is 9.27. The van der Waals surface area contributed by atoms with E-state index < -0.39 is 0 Å². The van der Waals surface area contributed by atoms with Crippen LogP contribution >= 0.6 is 31.9 Å². The van der Waals surface area contributed by atoms with Gasteiger partial charge < -0.3 is 10.4 Å². The number of nitrogens with zero attached hydrogens (tertiary/aromatic N) is 1. The lowest BCUT2D eigenvalue weighted by Crippen LogP contribution is -2.21. The Hall–Kier alpha value is -0.130. The zero-order chi connectivity index (χ0) is 12.3. The fraction of sp³-hybridized carbons (Fsp3) is 0.583. The molecular weight excluding hydrogens is 348 g/mol. The van der Waals surface area contributed by atoms with Crippen LogP contribution in [0.1, 0.15) is 19.3 Å². The van der Waals surface area contributed by atoms with Gasteiger partial charge in [0.1, 0.15) is 5.82 Å². The SMILES string of the molecule is OCC1CCCC1CNc1ncc(Br)cc1Br. The monoisotopic (exact) mass is 362 g/mol. The summed E-state index contributed by atoms with van der Waals surface area (Å²) in [7, 11) is 0. The normalized spacial score (nSPS) is 23.9. The third kappa shape index (κ3) is 3.42. The van der Waals surface area contributed by atoms with Crippen molar-refractivity contribution in [2.75, 3.05) is 18.5 Å². The van der Waals surface area contributed by atoms with Gasteiger partial charge in [0.2, 0.25) is 0 Å². The van der Waals surface area contributed by atoms with E-state index in [0.717, 1.165) is 27.7 Å². The standard InChI is InChI=1S/C12H16Br2N2O/c13-10-4-11(14)12(16-6-10)15-5-8-2-1-3-9(8)7-17/h4,6,8-9,17H,1-3,5,7H2,(H,15,16). The highest BCUT2D eigenvalue weighted by Crippen LogP contribution is 2.32. The Labute approximate surface area is 118 Å². The van der Waals surface area contributed by atoms with E-state index in [2.05, 4.69) is 42.2 Å². The van der Waals surface area contributed by atoms with E-state index in [4.69, 9.17) is 0 Å². The van der Waals surface area contributed by atoms with Crippen molar-refractivity contribution in [1.29, 1.82) is 0 Å². The number of rotatable bonds is 4. The minimum atomic E-state index is 0.307. The van der Waals surface area contributed by atoms with Gasteiger partial charge in [-0.15, -0.1) is 0 Å². The molecule has 0 spiro atoms. The number of halogens is 2. The molecule has 1 fully saturated rings. The summed E-state index contributed by atoms with van der Waals surface area (Å²) in [6.07, 6.45) is 5.36. The topological polar surface area (TPSA) is 45.1 Å².